The van der Waals surface area contributed by atoms with Crippen LogP contribution in [0.2, 0.25) is 5.02 Å². The molecule has 0 aromatic heterocycles. The third-order valence-corrected chi connectivity index (χ3v) is 3.00. The number of aliphatic hydroxyl groups is 1. The van der Waals surface area contributed by atoms with Crippen LogP contribution in [0.25, 0.3) is 0 Å². The summed E-state index contributed by atoms with van der Waals surface area (Å²) in [6.07, 6.45) is 0.0356. The molecule has 0 aliphatic carbocycles. The normalized spacial score (nSPS) is 12.9. The average Bonchev–Trinajstić information content (AvgIpc) is 2.10. The Morgan fingerprint density at radius 2 is 2.23 bits per heavy atom. The van der Waals surface area contributed by atoms with Gasteiger partial charge in [0.25, 0.3) is 0 Å². The van der Waals surface area contributed by atoms with E-state index in [1.165, 1.54) is 0 Å². The lowest BCUT2D eigenvalue weighted by Crippen LogP contribution is -2.06. The van der Waals surface area contributed by atoms with E-state index >= 15 is 0 Å². The molecule has 0 amide bonds. The van der Waals surface area contributed by atoms with Crippen LogP contribution in [-0.2, 0) is 0 Å². The fourth-order valence-corrected chi connectivity index (χ4v) is 1.48. The SMILES string of the molecule is NCC[C@H](O)c1ccc(Br)c(Cl)c1. The number of benzene rings is 1. The molecule has 0 aliphatic heterocycles. The Hall–Kier alpha value is -0.0900. The highest BCUT2D eigenvalue weighted by Crippen LogP contribution is 2.26. The first-order valence-electron chi connectivity index (χ1n) is 3.98. The molecule has 0 bridgehead atoms. The summed E-state index contributed by atoms with van der Waals surface area (Å²) in [5, 5.41) is 10.2. The Morgan fingerprint density at radius 1 is 1.54 bits per heavy atom. The average molecular weight is 265 g/mol. The quantitative estimate of drug-likeness (QED) is 0.881. The van der Waals surface area contributed by atoms with Gasteiger partial charge in [0.2, 0.25) is 0 Å². The number of rotatable bonds is 3. The van der Waals surface area contributed by atoms with Gasteiger partial charge in [0, 0.05) is 4.47 Å². The first kappa shape index (κ1) is 11.0. The zero-order valence-corrected chi connectivity index (χ0v) is 9.35. The summed E-state index contributed by atoms with van der Waals surface area (Å²) in [6, 6.07) is 5.39. The lowest BCUT2D eigenvalue weighted by molar-refractivity contribution is 0.170. The maximum absolute atomic E-state index is 9.58. The van der Waals surface area contributed by atoms with Gasteiger partial charge in [0.1, 0.15) is 0 Å². The van der Waals surface area contributed by atoms with Gasteiger partial charge in [0.15, 0.2) is 0 Å². The Morgan fingerprint density at radius 3 is 2.77 bits per heavy atom. The van der Waals surface area contributed by atoms with Crippen LogP contribution in [0.4, 0.5) is 0 Å². The highest BCUT2D eigenvalue weighted by molar-refractivity contribution is 9.10. The van der Waals surface area contributed by atoms with Crippen LogP contribution < -0.4 is 5.73 Å². The molecule has 0 aliphatic rings. The lowest BCUT2D eigenvalue weighted by Gasteiger charge is -2.09. The monoisotopic (exact) mass is 263 g/mol. The maximum atomic E-state index is 9.58. The molecule has 1 aromatic carbocycles. The summed E-state index contributed by atoms with van der Waals surface area (Å²) in [5.41, 5.74) is 6.14. The molecular weight excluding hydrogens is 253 g/mol. The van der Waals surface area contributed by atoms with Crippen molar-refractivity contribution in [3.8, 4) is 0 Å². The van der Waals surface area contributed by atoms with Crippen LogP contribution in [0, 0.1) is 0 Å². The van der Waals surface area contributed by atoms with Crippen LogP contribution in [0.5, 0.6) is 0 Å². The van der Waals surface area contributed by atoms with E-state index in [2.05, 4.69) is 15.9 Å². The minimum absolute atomic E-state index is 0.467. The van der Waals surface area contributed by atoms with Gasteiger partial charge in [-0.25, -0.2) is 0 Å². The van der Waals surface area contributed by atoms with E-state index in [9.17, 15) is 5.11 Å². The second-order valence-electron chi connectivity index (χ2n) is 2.77. The van der Waals surface area contributed by atoms with Crippen molar-refractivity contribution in [1.29, 1.82) is 0 Å². The third kappa shape index (κ3) is 2.95. The van der Waals surface area contributed by atoms with E-state index in [0.717, 1.165) is 10.0 Å². The van der Waals surface area contributed by atoms with E-state index in [0.29, 0.717) is 18.0 Å². The molecular formula is C9H11BrClNO. The van der Waals surface area contributed by atoms with Crippen molar-refractivity contribution in [2.24, 2.45) is 5.73 Å². The van der Waals surface area contributed by atoms with Gasteiger partial charge in [-0.15, -0.1) is 0 Å². The number of halogens is 2. The Kier molecular flexibility index (Phi) is 4.19. The third-order valence-electron chi connectivity index (χ3n) is 1.77. The molecule has 0 radical (unpaired) electrons. The summed E-state index contributed by atoms with van der Waals surface area (Å²) in [6.45, 7) is 0.467. The molecule has 4 heteroatoms. The highest BCUT2D eigenvalue weighted by atomic mass is 79.9. The largest absolute Gasteiger partial charge is 0.388 e. The van der Waals surface area contributed by atoms with Crippen LogP contribution >= 0.6 is 27.5 Å². The molecule has 2 nitrogen and oxygen atoms in total. The van der Waals surface area contributed by atoms with Crippen molar-refractivity contribution >= 4 is 27.5 Å². The minimum Gasteiger partial charge on any atom is -0.388 e. The Labute approximate surface area is 90.8 Å². The summed E-state index contributed by atoms with van der Waals surface area (Å²) in [4.78, 5) is 0. The predicted molar refractivity (Wildman–Crippen MR) is 57.8 cm³/mol. The zero-order valence-electron chi connectivity index (χ0n) is 7.00. The lowest BCUT2D eigenvalue weighted by atomic mass is 10.1. The van der Waals surface area contributed by atoms with Crippen LogP contribution in [0.15, 0.2) is 22.7 Å². The Balaban J connectivity index is 2.84. The summed E-state index contributed by atoms with van der Waals surface area (Å²) >= 11 is 9.15. The second-order valence-corrected chi connectivity index (χ2v) is 4.03. The van der Waals surface area contributed by atoms with Crippen molar-refractivity contribution in [2.75, 3.05) is 6.54 Å². The van der Waals surface area contributed by atoms with Gasteiger partial charge in [-0.3, -0.25) is 0 Å². The second kappa shape index (κ2) is 4.96. The number of hydrogen-bond acceptors (Lipinski definition) is 2. The van der Waals surface area contributed by atoms with Gasteiger partial charge in [0.05, 0.1) is 11.1 Å². The first-order valence-corrected chi connectivity index (χ1v) is 5.15. The molecule has 1 atom stereocenters. The van der Waals surface area contributed by atoms with Gasteiger partial charge < -0.3 is 10.8 Å². The summed E-state index contributed by atoms with van der Waals surface area (Å²) in [7, 11) is 0. The van der Waals surface area contributed by atoms with E-state index in [-0.39, 0.29) is 0 Å². The number of nitrogens with two attached hydrogens (primary N) is 1. The standard InChI is InChI=1S/C9H11BrClNO/c10-7-2-1-6(5-8(7)11)9(13)3-4-12/h1-2,5,9,13H,3-4,12H2/t9-/m0/s1. The Bertz CT molecular complexity index is 293. The molecule has 1 rings (SSSR count). The topological polar surface area (TPSA) is 46.2 Å². The molecule has 0 saturated carbocycles. The molecule has 0 unspecified atom stereocenters. The van der Waals surface area contributed by atoms with Gasteiger partial charge in [-0.1, -0.05) is 17.7 Å². The van der Waals surface area contributed by atoms with Gasteiger partial charge >= 0.3 is 0 Å². The van der Waals surface area contributed by atoms with Crippen molar-refractivity contribution in [2.45, 2.75) is 12.5 Å². The van der Waals surface area contributed by atoms with Crippen LogP contribution in [0.1, 0.15) is 18.1 Å². The van der Waals surface area contributed by atoms with E-state index in [4.69, 9.17) is 17.3 Å². The smallest absolute Gasteiger partial charge is 0.0802 e. The van der Waals surface area contributed by atoms with Crippen LogP contribution in [0.3, 0.4) is 0 Å². The van der Waals surface area contributed by atoms with Gasteiger partial charge in [-0.2, -0.15) is 0 Å². The highest BCUT2D eigenvalue weighted by Gasteiger charge is 2.07. The maximum Gasteiger partial charge on any atom is 0.0802 e. The summed E-state index contributed by atoms with van der Waals surface area (Å²) in [5.74, 6) is 0. The molecule has 1 aromatic rings. The molecule has 0 saturated heterocycles. The van der Waals surface area contributed by atoms with Crippen molar-refractivity contribution in [3.63, 3.8) is 0 Å². The van der Waals surface area contributed by atoms with Crippen molar-refractivity contribution < 1.29 is 5.11 Å². The van der Waals surface area contributed by atoms with E-state index in [1.807, 2.05) is 12.1 Å². The first-order chi connectivity index (χ1) is 6.15. The molecule has 0 fully saturated rings. The molecule has 3 N–H and O–H groups in total. The molecule has 72 valence electrons. The number of aliphatic hydroxyl groups excluding tert-OH is 1. The van der Waals surface area contributed by atoms with Crippen LogP contribution in [-0.4, -0.2) is 11.7 Å². The molecule has 0 spiro atoms. The van der Waals surface area contributed by atoms with E-state index < -0.39 is 6.10 Å². The van der Waals surface area contributed by atoms with E-state index in [1.54, 1.807) is 6.07 Å². The number of hydrogen-bond donors (Lipinski definition) is 2. The summed E-state index contributed by atoms with van der Waals surface area (Å²) < 4.78 is 0.831. The fourth-order valence-electron chi connectivity index (χ4n) is 1.04. The van der Waals surface area contributed by atoms with Crippen molar-refractivity contribution in [3.05, 3.63) is 33.3 Å². The molecule has 13 heavy (non-hydrogen) atoms. The van der Waals surface area contributed by atoms with Crippen molar-refractivity contribution in [1.82, 2.24) is 0 Å². The zero-order chi connectivity index (χ0) is 9.84. The fraction of sp³-hybridized carbons (Fsp3) is 0.333. The minimum atomic E-state index is -0.518. The predicted octanol–water partition coefficient (Wildman–Crippen LogP) is 2.48. The van der Waals surface area contributed by atoms with Gasteiger partial charge in [-0.05, 0) is 46.6 Å². The molecule has 0 heterocycles.